The number of nitrogens with zero attached hydrogens (tertiary/aromatic N) is 2. The number of hydrogen-bond acceptors (Lipinski definition) is 4. The number of benzene rings is 1. The zero-order valence-electron chi connectivity index (χ0n) is 13.4. The van der Waals surface area contributed by atoms with Gasteiger partial charge in [0.05, 0.1) is 5.69 Å². The molecule has 0 unspecified atom stereocenters. The average molecular weight is 351 g/mol. The molecule has 0 aliphatic carbocycles. The highest BCUT2D eigenvalue weighted by Crippen LogP contribution is 2.15. The van der Waals surface area contributed by atoms with Gasteiger partial charge < -0.3 is 0 Å². The second-order valence-electron chi connectivity index (χ2n) is 5.37. The summed E-state index contributed by atoms with van der Waals surface area (Å²) in [4.78, 5) is 8.41. The lowest BCUT2D eigenvalue weighted by Crippen LogP contribution is -2.20. The maximum atomic E-state index is 12.0. The van der Waals surface area contributed by atoms with Gasteiger partial charge in [0.2, 0.25) is 10.0 Å². The molecule has 25 heavy (non-hydrogen) atoms. The normalized spacial score (nSPS) is 11.7. The van der Waals surface area contributed by atoms with Crippen LogP contribution < -0.4 is 4.72 Å². The van der Waals surface area contributed by atoms with Gasteiger partial charge in [0.1, 0.15) is 0 Å². The van der Waals surface area contributed by atoms with Crippen LogP contribution in [0.5, 0.6) is 0 Å². The van der Waals surface area contributed by atoms with Gasteiger partial charge in [0.15, 0.2) is 0 Å². The Balaban J connectivity index is 1.62. The van der Waals surface area contributed by atoms with E-state index in [4.69, 9.17) is 0 Å². The van der Waals surface area contributed by atoms with Gasteiger partial charge in [-0.15, -0.1) is 0 Å². The van der Waals surface area contributed by atoms with Gasteiger partial charge in [-0.05, 0) is 35.4 Å². The first-order valence-electron chi connectivity index (χ1n) is 7.70. The van der Waals surface area contributed by atoms with Crippen LogP contribution in [0.15, 0.2) is 78.6 Å². The van der Waals surface area contributed by atoms with Crippen molar-refractivity contribution in [1.29, 1.82) is 0 Å². The summed E-state index contributed by atoms with van der Waals surface area (Å²) in [6.45, 7) is 0.182. The van der Waals surface area contributed by atoms with E-state index < -0.39 is 10.0 Å². The molecule has 0 aliphatic heterocycles. The van der Waals surface area contributed by atoms with Gasteiger partial charge in [-0.2, -0.15) is 0 Å². The fourth-order valence-electron chi connectivity index (χ4n) is 2.18. The molecule has 3 aromatic rings. The summed E-state index contributed by atoms with van der Waals surface area (Å²) in [5, 5.41) is 1.17. The first kappa shape index (κ1) is 17.0. The molecule has 2 aromatic heterocycles. The fraction of sp³-hybridized carbons (Fsp3) is 0.0526. The number of sulfonamides is 1. The first-order valence-corrected chi connectivity index (χ1v) is 9.25. The van der Waals surface area contributed by atoms with Gasteiger partial charge in [-0.25, -0.2) is 13.1 Å². The van der Waals surface area contributed by atoms with Crippen LogP contribution in [0, 0.1) is 0 Å². The fourth-order valence-corrected chi connectivity index (χ4v) is 2.98. The lowest BCUT2D eigenvalue weighted by atomic mass is 10.1. The molecular formula is C19H17N3O2S. The highest BCUT2D eigenvalue weighted by atomic mass is 32.2. The van der Waals surface area contributed by atoms with E-state index in [1.165, 1.54) is 5.41 Å². The van der Waals surface area contributed by atoms with E-state index in [0.29, 0.717) is 0 Å². The Morgan fingerprint density at radius 1 is 0.960 bits per heavy atom. The summed E-state index contributed by atoms with van der Waals surface area (Å²) in [7, 11) is -3.51. The summed E-state index contributed by atoms with van der Waals surface area (Å²) in [5.74, 6) is 0. The molecular weight excluding hydrogens is 334 g/mol. The first-order chi connectivity index (χ1) is 12.1. The van der Waals surface area contributed by atoms with Crippen molar-refractivity contribution in [2.75, 3.05) is 0 Å². The van der Waals surface area contributed by atoms with E-state index in [9.17, 15) is 8.42 Å². The molecule has 0 saturated heterocycles. The van der Waals surface area contributed by atoms with Gasteiger partial charge in [-0.1, -0.05) is 36.4 Å². The van der Waals surface area contributed by atoms with Crippen LogP contribution >= 0.6 is 0 Å². The Kier molecular flexibility index (Phi) is 5.33. The van der Waals surface area contributed by atoms with Crippen molar-refractivity contribution in [3.8, 4) is 11.3 Å². The van der Waals surface area contributed by atoms with Gasteiger partial charge in [0.25, 0.3) is 0 Å². The van der Waals surface area contributed by atoms with Crippen molar-refractivity contribution in [3.63, 3.8) is 0 Å². The highest BCUT2D eigenvalue weighted by molar-refractivity contribution is 7.92. The third-order valence-electron chi connectivity index (χ3n) is 3.50. The molecule has 0 radical (unpaired) electrons. The van der Waals surface area contributed by atoms with Crippen molar-refractivity contribution in [1.82, 2.24) is 14.7 Å². The van der Waals surface area contributed by atoms with Crippen LogP contribution in [-0.2, 0) is 16.6 Å². The molecule has 0 fully saturated rings. The molecule has 0 spiro atoms. The predicted molar refractivity (Wildman–Crippen MR) is 98.7 cm³/mol. The standard InChI is InChI=1S/C19H17N3O2S/c23-25(24,12-10-16-5-2-1-3-6-16)22-14-17-8-9-19(21-13-17)18-7-4-11-20-15-18/h1-13,15,22H,14H2/b12-10+. The summed E-state index contributed by atoms with van der Waals surface area (Å²) < 4.78 is 26.6. The smallest absolute Gasteiger partial charge is 0.234 e. The summed E-state index contributed by atoms with van der Waals surface area (Å²) >= 11 is 0. The molecule has 0 aliphatic rings. The lowest BCUT2D eigenvalue weighted by molar-refractivity contribution is 0.590. The molecule has 126 valence electrons. The Labute approximate surface area is 147 Å². The van der Waals surface area contributed by atoms with Crippen molar-refractivity contribution in [2.45, 2.75) is 6.54 Å². The molecule has 1 aromatic carbocycles. The van der Waals surface area contributed by atoms with Crippen molar-refractivity contribution < 1.29 is 8.42 Å². The van der Waals surface area contributed by atoms with Crippen LogP contribution in [0.4, 0.5) is 0 Å². The Hall–Kier alpha value is -2.83. The predicted octanol–water partition coefficient (Wildman–Crippen LogP) is 3.23. The van der Waals surface area contributed by atoms with Crippen LogP contribution in [0.1, 0.15) is 11.1 Å². The van der Waals surface area contributed by atoms with Crippen LogP contribution in [0.2, 0.25) is 0 Å². The SMILES string of the molecule is O=S(=O)(/C=C/c1ccccc1)NCc1ccc(-c2cccnc2)nc1. The number of rotatable bonds is 6. The van der Waals surface area contributed by atoms with E-state index in [-0.39, 0.29) is 6.54 Å². The van der Waals surface area contributed by atoms with Crippen LogP contribution in [-0.4, -0.2) is 18.4 Å². The number of hydrogen-bond donors (Lipinski definition) is 1. The molecule has 2 heterocycles. The minimum atomic E-state index is -3.51. The Bertz CT molecular complexity index is 939. The highest BCUT2D eigenvalue weighted by Gasteiger charge is 2.06. The molecule has 5 nitrogen and oxygen atoms in total. The van der Waals surface area contributed by atoms with Gasteiger partial charge in [-0.3, -0.25) is 9.97 Å². The van der Waals surface area contributed by atoms with E-state index in [1.807, 2.05) is 54.6 Å². The Morgan fingerprint density at radius 2 is 1.80 bits per heavy atom. The van der Waals surface area contributed by atoms with Crippen molar-refractivity contribution >= 4 is 16.1 Å². The van der Waals surface area contributed by atoms with Crippen molar-refractivity contribution in [3.05, 3.63) is 89.7 Å². The van der Waals surface area contributed by atoms with E-state index in [0.717, 1.165) is 22.4 Å². The molecule has 3 rings (SSSR count). The summed E-state index contributed by atoms with van der Waals surface area (Å²) in [5.41, 5.74) is 3.32. The van der Waals surface area contributed by atoms with Crippen molar-refractivity contribution in [2.24, 2.45) is 0 Å². The molecule has 6 heteroatoms. The second-order valence-corrected chi connectivity index (χ2v) is 7.02. The maximum Gasteiger partial charge on any atom is 0.234 e. The number of aromatic nitrogens is 2. The molecule has 0 amide bonds. The zero-order chi connectivity index (χ0) is 17.5. The monoisotopic (exact) mass is 351 g/mol. The third kappa shape index (κ3) is 5.07. The molecule has 0 atom stereocenters. The molecule has 0 bridgehead atoms. The van der Waals surface area contributed by atoms with Gasteiger partial charge >= 0.3 is 0 Å². The minimum absolute atomic E-state index is 0.182. The minimum Gasteiger partial charge on any atom is -0.264 e. The van der Waals surface area contributed by atoms with E-state index in [1.54, 1.807) is 24.7 Å². The largest absolute Gasteiger partial charge is 0.264 e. The van der Waals surface area contributed by atoms with Gasteiger partial charge in [0, 0.05) is 36.1 Å². The zero-order valence-corrected chi connectivity index (χ0v) is 14.2. The van der Waals surface area contributed by atoms with E-state index in [2.05, 4.69) is 14.7 Å². The molecule has 1 N–H and O–H groups in total. The quantitative estimate of drug-likeness (QED) is 0.740. The topological polar surface area (TPSA) is 72.0 Å². The van der Waals surface area contributed by atoms with Crippen LogP contribution in [0.25, 0.3) is 17.3 Å². The van der Waals surface area contributed by atoms with E-state index >= 15 is 0 Å². The van der Waals surface area contributed by atoms with Crippen LogP contribution in [0.3, 0.4) is 0 Å². The number of pyridine rings is 2. The number of nitrogens with one attached hydrogen (secondary N) is 1. The lowest BCUT2D eigenvalue weighted by Gasteiger charge is -2.05. The third-order valence-corrected chi connectivity index (χ3v) is 4.54. The molecule has 0 saturated carbocycles. The average Bonchev–Trinajstić information content (AvgIpc) is 2.67. The summed E-state index contributed by atoms with van der Waals surface area (Å²) in [6, 6.07) is 16.7. The maximum absolute atomic E-state index is 12.0. The Morgan fingerprint density at radius 3 is 2.48 bits per heavy atom. The summed E-state index contributed by atoms with van der Waals surface area (Å²) in [6.07, 6.45) is 6.66. The second kappa shape index (κ2) is 7.83.